The predicted octanol–water partition coefficient (Wildman–Crippen LogP) is 2.90. The van der Waals surface area contributed by atoms with E-state index in [9.17, 15) is 4.79 Å². The molecule has 1 atom stereocenters. The van der Waals surface area contributed by atoms with Crippen molar-refractivity contribution in [3.05, 3.63) is 38.9 Å². The third kappa shape index (κ3) is 3.02. The van der Waals surface area contributed by atoms with E-state index in [2.05, 4.69) is 10.5 Å². The Balaban J connectivity index is 2.00. The molecule has 2 heterocycles. The van der Waals surface area contributed by atoms with Gasteiger partial charge >= 0.3 is 5.97 Å². The summed E-state index contributed by atoms with van der Waals surface area (Å²) < 4.78 is 5.14. The van der Waals surface area contributed by atoms with Gasteiger partial charge in [-0.3, -0.25) is 0 Å². The van der Waals surface area contributed by atoms with E-state index in [-0.39, 0.29) is 6.04 Å². The van der Waals surface area contributed by atoms with Crippen LogP contribution in [0.25, 0.3) is 0 Å². The van der Waals surface area contributed by atoms with E-state index in [0.717, 1.165) is 21.9 Å². The Morgan fingerprint density at radius 1 is 1.53 bits per heavy atom. The van der Waals surface area contributed by atoms with Crippen LogP contribution >= 0.6 is 11.3 Å². The summed E-state index contributed by atoms with van der Waals surface area (Å²) in [6.45, 7) is 6.47. The Kier molecular flexibility index (Phi) is 4.01. The van der Waals surface area contributed by atoms with Crippen LogP contribution in [-0.2, 0) is 6.54 Å². The molecule has 0 bridgehead atoms. The highest BCUT2D eigenvalue weighted by atomic mass is 32.1. The molecule has 0 amide bonds. The molecule has 2 aromatic heterocycles. The first-order valence-corrected chi connectivity index (χ1v) is 6.79. The lowest BCUT2D eigenvalue weighted by Crippen LogP contribution is -2.18. The zero-order valence-electron chi connectivity index (χ0n) is 11.1. The first-order valence-electron chi connectivity index (χ1n) is 5.97. The second-order valence-electron chi connectivity index (χ2n) is 4.41. The van der Waals surface area contributed by atoms with Crippen molar-refractivity contribution in [3.63, 3.8) is 0 Å². The van der Waals surface area contributed by atoms with E-state index >= 15 is 0 Å². The number of thiophene rings is 1. The Bertz CT molecular complexity index is 569. The highest BCUT2D eigenvalue weighted by Crippen LogP contribution is 2.22. The Morgan fingerprint density at radius 3 is 2.79 bits per heavy atom. The maximum absolute atomic E-state index is 10.8. The molecular formula is C13H16N2O3S. The molecule has 2 rings (SSSR count). The molecule has 0 aliphatic heterocycles. The van der Waals surface area contributed by atoms with Gasteiger partial charge in [-0.2, -0.15) is 0 Å². The van der Waals surface area contributed by atoms with Gasteiger partial charge < -0.3 is 14.9 Å². The van der Waals surface area contributed by atoms with Gasteiger partial charge in [-0.25, -0.2) is 4.79 Å². The Labute approximate surface area is 115 Å². The number of carbonyl (C=O) groups is 1. The third-order valence-electron chi connectivity index (χ3n) is 2.98. The number of aromatic carboxylic acids is 1. The van der Waals surface area contributed by atoms with Gasteiger partial charge in [0.1, 0.15) is 10.6 Å². The fraction of sp³-hybridized carbons (Fsp3) is 0.385. The van der Waals surface area contributed by atoms with Gasteiger partial charge in [-0.15, -0.1) is 11.3 Å². The van der Waals surface area contributed by atoms with Crippen molar-refractivity contribution in [1.82, 2.24) is 10.5 Å². The van der Waals surface area contributed by atoms with Crippen LogP contribution in [0, 0.1) is 13.8 Å². The topological polar surface area (TPSA) is 75.4 Å². The van der Waals surface area contributed by atoms with Gasteiger partial charge in [0.2, 0.25) is 0 Å². The lowest BCUT2D eigenvalue weighted by Gasteiger charge is -2.12. The average Bonchev–Trinajstić information content (AvgIpc) is 2.94. The fourth-order valence-electron chi connectivity index (χ4n) is 2.05. The van der Waals surface area contributed by atoms with Gasteiger partial charge in [0.25, 0.3) is 0 Å². The molecule has 0 aromatic carbocycles. The molecule has 0 aliphatic carbocycles. The van der Waals surface area contributed by atoms with E-state index in [1.807, 2.05) is 26.8 Å². The molecule has 5 nitrogen and oxygen atoms in total. The summed E-state index contributed by atoms with van der Waals surface area (Å²) in [7, 11) is 0. The largest absolute Gasteiger partial charge is 0.477 e. The molecule has 0 aliphatic rings. The van der Waals surface area contributed by atoms with E-state index in [0.29, 0.717) is 11.4 Å². The lowest BCUT2D eigenvalue weighted by molar-refractivity contribution is 0.0702. The highest BCUT2D eigenvalue weighted by molar-refractivity contribution is 7.13. The summed E-state index contributed by atoms with van der Waals surface area (Å²) >= 11 is 1.29. The van der Waals surface area contributed by atoms with Crippen molar-refractivity contribution in [2.75, 3.05) is 0 Å². The Hall–Kier alpha value is -1.66. The van der Waals surface area contributed by atoms with Crippen molar-refractivity contribution < 1.29 is 14.4 Å². The maximum atomic E-state index is 10.8. The van der Waals surface area contributed by atoms with Crippen LogP contribution in [0.4, 0.5) is 0 Å². The molecule has 19 heavy (non-hydrogen) atoms. The molecule has 0 fully saturated rings. The summed E-state index contributed by atoms with van der Waals surface area (Å²) in [5, 5.41) is 16.2. The van der Waals surface area contributed by atoms with Gasteiger partial charge in [0.05, 0.1) is 5.69 Å². The summed E-state index contributed by atoms with van der Waals surface area (Å²) in [4.78, 5) is 12.2. The van der Waals surface area contributed by atoms with E-state index in [4.69, 9.17) is 9.63 Å². The van der Waals surface area contributed by atoms with E-state index in [1.54, 1.807) is 6.07 Å². The van der Waals surface area contributed by atoms with E-state index in [1.165, 1.54) is 11.3 Å². The summed E-state index contributed by atoms with van der Waals surface area (Å²) in [6.07, 6.45) is 0. The molecular weight excluding hydrogens is 264 g/mol. The van der Waals surface area contributed by atoms with Crippen LogP contribution in [0.15, 0.2) is 16.7 Å². The number of aromatic nitrogens is 1. The zero-order valence-corrected chi connectivity index (χ0v) is 11.9. The van der Waals surface area contributed by atoms with E-state index < -0.39 is 5.97 Å². The molecule has 102 valence electrons. The van der Waals surface area contributed by atoms with Crippen LogP contribution < -0.4 is 5.32 Å². The van der Waals surface area contributed by atoms with Crippen LogP contribution in [0.3, 0.4) is 0 Å². The summed E-state index contributed by atoms with van der Waals surface area (Å²) in [5.41, 5.74) is 1.95. The minimum Gasteiger partial charge on any atom is -0.477 e. The summed E-state index contributed by atoms with van der Waals surface area (Å²) in [5.74, 6) is -0.0649. The molecule has 6 heteroatoms. The second kappa shape index (κ2) is 5.54. The Morgan fingerprint density at radius 2 is 2.26 bits per heavy atom. The molecule has 2 aromatic rings. The SMILES string of the molecule is Cc1noc(C)c1C(C)NCc1ccc(C(=O)O)s1. The first kappa shape index (κ1) is 13.8. The maximum Gasteiger partial charge on any atom is 0.345 e. The number of carboxylic acid groups (broad SMARTS) is 1. The second-order valence-corrected chi connectivity index (χ2v) is 5.58. The lowest BCUT2D eigenvalue weighted by atomic mass is 10.1. The molecule has 2 N–H and O–H groups in total. The monoisotopic (exact) mass is 280 g/mol. The third-order valence-corrected chi connectivity index (χ3v) is 4.05. The van der Waals surface area contributed by atoms with Gasteiger partial charge in [0.15, 0.2) is 0 Å². The number of nitrogens with zero attached hydrogens (tertiary/aromatic N) is 1. The van der Waals surface area contributed by atoms with Crippen LogP contribution in [0.1, 0.15) is 44.5 Å². The van der Waals surface area contributed by atoms with Crippen molar-refractivity contribution >= 4 is 17.3 Å². The number of hydrogen-bond donors (Lipinski definition) is 2. The normalized spacial score (nSPS) is 12.6. The number of carboxylic acids is 1. The van der Waals surface area contributed by atoms with Crippen molar-refractivity contribution in [3.8, 4) is 0 Å². The minimum absolute atomic E-state index is 0.113. The molecule has 0 radical (unpaired) electrons. The highest BCUT2D eigenvalue weighted by Gasteiger charge is 2.16. The van der Waals surface area contributed by atoms with Gasteiger partial charge in [-0.1, -0.05) is 5.16 Å². The average molecular weight is 280 g/mol. The van der Waals surface area contributed by atoms with Gasteiger partial charge in [-0.05, 0) is 32.9 Å². The smallest absolute Gasteiger partial charge is 0.345 e. The fourth-order valence-corrected chi connectivity index (χ4v) is 2.85. The predicted molar refractivity (Wildman–Crippen MR) is 72.5 cm³/mol. The number of aryl methyl sites for hydroxylation is 2. The number of nitrogens with one attached hydrogen (secondary N) is 1. The number of rotatable bonds is 5. The van der Waals surface area contributed by atoms with Crippen molar-refractivity contribution in [2.45, 2.75) is 33.4 Å². The first-order chi connectivity index (χ1) is 8.99. The molecule has 0 saturated carbocycles. The minimum atomic E-state index is -0.880. The quantitative estimate of drug-likeness (QED) is 0.880. The molecule has 1 unspecified atom stereocenters. The van der Waals surface area contributed by atoms with Crippen LogP contribution in [0.2, 0.25) is 0 Å². The van der Waals surface area contributed by atoms with Crippen LogP contribution in [0.5, 0.6) is 0 Å². The summed E-state index contributed by atoms with van der Waals surface area (Å²) in [6, 6.07) is 3.58. The zero-order chi connectivity index (χ0) is 14.0. The molecule has 0 spiro atoms. The van der Waals surface area contributed by atoms with Gasteiger partial charge in [0, 0.05) is 23.0 Å². The van der Waals surface area contributed by atoms with Crippen molar-refractivity contribution in [1.29, 1.82) is 0 Å². The number of hydrogen-bond acceptors (Lipinski definition) is 5. The molecule has 0 saturated heterocycles. The van der Waals surface area contributed by atoms with Crippen molar-refractivity contribution in [2.24, 2.45) is 0 Å². The van der Waals surface area contributed by atoms with Crippen LogP contribution in [-0.4, -0.2) is 16.2 Å². The standard InChI is InChI=1S/C13H16N2O3S/c1-7(12-8(2)15-18-9(12)3)14-6-10-4-5-11(19-10)13(16)17/h4-5,7,14H,6H2,1-3H3,(H,16,17).